The number of nitrogens with one attached hydrogen (secondary N) is 1. The van der Waals surface area contributed by atoms with Crippen molar-refractivity contribution in [2.24, 2.45) is 23.7 Å². The van der Waals surface area contributed by atoms with E-state index in [9.17, 15) is 0 Å². The van der Waals surface area contributed by atoms with Crippen LogP contribution in [0.1, 0.15) is 46.5 Å². The highest BCUT2D eigenvalue weighted by atomic mass is 15.1. The van der Waals surface area contributed by atoms with Crippen LogP contribution in [-0.2, 0) is 0 Å². The van der Waals surface area contributed by atoms with Crippen molar-refractivity contribution in [3.63, 3.8) is 0 Å². The lowest BCUT2D eigenvalue weighted by Crippen LogP contribution is -2.43. The molecule has 2 fully saturated rings. The van der Waals surface area contributed by atoms with E-state index in [4.69, 9.17) is 0 Å². The van der Waals surface area contributed by atoms with Crippen molar-refractivity contribution in [3.05, 3.63) is 36.0 Å². The van der Waals surface area contributed by atoms with Crippen molar-refractivity contribution < 1.29 is 0 Å². The Morgan fingerprint density at radius 3 is 2.71 bits per heavy atom. The zero-order valence-electron chi connectivity index (χ0n) is 16.1. The molecule has 1 N–H and O–H groups in total. The fourth-order valence-electron chi connectivity index (χ4n) is 4.88. The van der Waals surface area contributed by atoms with Gasteiger partial charge in [-0.1, -0.05) is 51.2 Å². The lowest BCUT2D eigenvalue weighted by Gasteiger charge is -2.32. The third kappa shape index (κ3) is 4.03. The number of rotatable bonds is 2. The van der Waals surface area contributed by atoms with E-state index in [0.717, 1.165) is 30.7 Å². The molecule has 3 unspecified atom stereocenters. The lowest BCUT2D eigenvalue weighted by atomic mass is 9.85. The molecule has 0 aromatic rings. The van der Waals surface area contributed by atoms with Gasteiger partial charge in [0.2, 0.25) is 0 Å². The van der Waals surface area contributed by atoms with Crippen LogP contribution < -0.4 is 5.32 Å². The summed E-state index contributed by atoms with van der Waals surface area (Å²) >= 11 is 0. The van der Waals surface area contributed by atoms with Crippen molar-refractivity contribution in [2.45, 2.75) is 52.0 Å². The van der Waals surface area contributed by atoms with Gasteiger partial charge in [-0.3, -0.25) is 0 Å². The Bertz CT molecular complexity index is 510. The molecule has 0 bridgehead atoms. The van der Waals surface area contributed by atoms with Crippen molar-refractivity contribution in [2.75, 3.05) is 26.7 Å². The van der Waals surface area contributed by atoms with Gasteiger partial charge in [0.1, 0.15) is 0 Å². The fourth-order valence-corrected chi connectivity index (χ4v) is 4.88. The van der Waals surface area contributed by atoms with Gasteiger partial charge < -0.3 is 10.2 Å². The Hall–Kier alpha value is -0.860. The SMILES string of the molecule is CC1C([C@H](C)C2=C/C=C/C3(CC=C2)CCCN(C)CCCN3)[C@H]1C. The Balaban J connectivity index is 1.70. The molecule has 1 saturated heterocycles. The van der Waals surface area contributed by atoms with Crippen molar-refractivity contribution >= 4 is 0 Å². The second-order valence-corrected chi connectivity index (χ2v) is 8.56. The maximum absolute atomic E-state index is 3.86. The summed E-state index contributed by atoms with van der Waals surface area (Å²) in [6.07, 6.45) is 16.9. The highest BCUT2D eigenvalue weighted by molar-refractivity contribution is 5.32. The molecule has 2 aliphatic carbocycles. The highest BCUT2D eigenvalue weighted by Gasteiger charge is 2.46. The molecule has 0 amide bonds. The first-order chi connectivity index (χ1) is 11.5. The van der Waals surface area contributed by atoms with Gasteiger partial charge in [0.05, 0.1) is 0 Å². The molecule has 5 atom stereocenters. The monoisotopic (exact) mass is 328 g/mol. The van der Waals surface area contributed by atoms with Crippen LogP contribution in [0.2, 0.25) is 0 Å². The summed E-state index contributed by atoms with van der Waals surface area (Å²) in [5.41, 5.74) is 1.68. The highest BCUT2D eigenvalue weighted by Crippen LogP contribution is 2.52. The lowest BCUT2D eigenvalue weighted by molar-refractivity contribution is 0.324. The first kappa shape index (κ1) is 17.9. The first-order valence-electron chi connectivity index (χ1n) is 10.0. The number of allylic oxidation sites excluding steroid dienone is 4. The molecule has 134 valence electrons. The first-order valence-corrected chi connectivity index (χ1v) is 10.0. The minimum Gasteiger partial charge on any atom is -0.308 e. The van der Waals surface area contributed by atoms with Crippen LogP contribution >= 0.6 is 0 Å². The molecule has 1 spiro atoms. The van der Waals surface area contributed by atoms with Crippen LogP contribution in [0, 0.1) is 23.7 Å². The standard InChI is InChI=1S/C22H36N2/c1-17-18(2)21(17)19(3)20-9-5-11-22(12-6-10-20)13-7-15-24(4)16-8-14-23-22/h5-6,9-11,17-19,21,23H,7-8,12-16H2,1-4H3/b10-6?,11-5+,20-9?/t17-,18?,19+,21?,22?/m0/s1. The minimum atomic E-state index is 0.160. The third-order valence-electron chi connectivity index (χ3n) is 6.86. The molecule has 0 aromatic heterocycles. The largest absolute Gasteiger partial charge is 0.308 e. The molecule has 1 saturated carbocycles. The smallest absolute Gasteiger partial charge is 0.0402 e. The summed E-state index contributed by atoms with van der Waals surface area (Å²) < 4.78 is 0. The molecule has 2 heteroatoms. The Kier molecular flexibility index (Phi) is 5.66. The van der Waals surface area contributed by atoms with E-state index in [-0.39, 0.29) is 5.54 Å². The molecule has 2 nitrogen and oxygen atoms in total. The predicted molar refractivity (Wildman–Crippen MR) is 104 cm³/mol. The van der Waals surface area contributed by atoms with Gasteiger partial charge in [-0.05, 0) is 81.6 Å². The Morgan fingerprint density at radius 1 is 1.21 bits per heavy atom. The van der Waals surface area contributed by atoms with E-state index >= 15 is 0 Å². The van der Waals surface area contributed by atoms with Gasteiger partial charge in [-0.15, -0.1) is 0 Å². The molecular formula is C22H36N2. The van der Waals surface area contributed by atoms with Crippen LogP contribution in [0.15, 0.2) is 36.0 Å². The maximum Gasteiger partial charge on any atom is 0.0402 e. The minimum absolute atomic E-state index is 0.160. The zero-order valence-corrected chi connectivity index (χ0v) is 16.1. The second-order valence-electron chi connectivity index (χ2n) is 8.56. The van der Waals surface area contributed by atoms with Crippen molar-refractivity contribution in [3.8, 4) is 0 Å². The summed E-state index contributed by atoms with van der Waals surface area (Å²) in [4.78, 5) is 2.47. The second kappa shape index (κ2) is 7.58. The van der Waals surface area contributed by atoms with Crippen LogP contribution in [0.4, 0.5) is 0 Å². The van der Waals surface area contributed by atoms with Gasteiger partial charge in [0.25, 0.3) is 0 Å². The molecule has 3 aliphatic rings. The molecular weight excluding hydrogens is 292 g/mol. The van der Waals surface area contributed by atoms with E-state index in [2.05, 4.69) is 68.4 Å². The van der Waals surface area contributed by atoms with E-state index in [1.54, 1.807) is 0 Å². The molecule has 24 heavy (non-hydrogen) atoms. The summed E-state index contributed by atoms with van der Waals surface area (Å²) in [6.45, 7) is 10.8. The van der Waals surface area contributed by atoms with Crippen LogP contribution in [0.5, 0.6) is 0 Å². The van der Waals surface area contributed by atoms with Crippen LogP contribution in [0.25, 0.3) is 0 Å². The number of hydrogen-bond acceptors (Lipinski definition) is 2. The average molecular weight is 329 g/mol. The van der Waals surface area contributed by atoms with Gasteiger partial charge in [0, 0.05) is 5.54 Å². The Labute approximate surface area is 149 Å². The third-order valence-corrected chi connectivity index (χ3v) is 6.86. The Morgan fingerprint density at radius 2 is 1.96 bits per heavy atom. The summed E-state index contributed by atoms with van der Waals surface area (Å²) in [5.74, 6) is 3.35. The van der Waals surface area contributed by atoms with Crippen molar-refractivity contribution in [1.82, 2.24) is 10.2 Å². The molecule has 0 aromatic carbocycles. The van der Waals surface area contributed by atoms with Crippen molar-refractivity contribution in [1.29, 1.82) is 0 Å². The number of hydrogen-bond donors (Lipinski definition) is 1. The molecule has 0 radical (unpaired) electrons. The van der Waals surface area contributed by atoms with Gasteiger partial charge in [0.15, 0.2) is 0 Å². The number of nitrogens with zero attached hydrogens (tertiary/aromatic N) is 1. The van der Waals surface area contributed by atoms with Crippen LogP contribution in [0.3, 0.4) is 0 Å². The quantitative estimate of drug-likeness (QED) is 0.807. The molecule has 1 aliphatic heterocycles. The van der Waals surface area contributed by atoms with E-state index < -0.39 is 0 Å². The maximum atomic E-state index is 3.86. The summed E-state index contributed by atoms with van der Waals surface area (Å²) in [5, 5.41) is 3.86. The van der Waals surface area contributed by atoms with E-state index in [1.807, 2.05) is 0 Å². The normalized spacial score (nSPS) is 40.7. The summed E-state index contributed by atoms with van der Waals surface area (Å²) in [6, 6.07) is 0. The van der Waals surface area contributed by atoms with Gasteiger partial charge in [-0.25, -0.2) is 0 Å². The topological polar surface area (TPSA) is 15.3 Å². The van der Waals surface area contributed by atoms with Gasteiger partial charge >= 0.3 is 0 Å². The van der Waals surface area contributed by atoms with E-state index in [1.165, 1.54) is 37.9 Å². The predicted octanol–water partition coefficient (Wildman–Crippen LogP) is 4.41. The average Bonchev–Trinajstić information content (AvgIpc) is 3.10. The fraction of sp³-hybridized carbons (Fsp3) is 0.727. The van der Waals surface area contributed by atoms with Gasteiger partial charge in [-0.2, -0.15) is 0 Å². The molecule has 3 rings (SSSR count). The van der Waals surface area contributed by atoms with E-state index in [0.29, 0.717) is 5.92 Å². The summed E-state index contributed by atoms with van der Waals surface area (Å²) in [7, 11) is 2.25. The van der Waals surface area contributed by atoms with Crippen LogP contribution in [-0.4, -0.2) is 37.1 Å². The molecule has 1 heterocycles. The zero-order chi connectivity index (χ0) is 17.2.